The van der Waals surface area contributed by atoms with E-state index in [0.717, 1.165) is 31.3 Å². The number of nitrogens with one attached hydrogen (secondary N) is 1. The highest BCUT2D eigenvalue weighted by atomic mass is 15.3. The molecule has 2 aliphatic heterocycles. The zero-order valence-corrected chi connectivity index (χ0v) is 14.4. The van der Waals surface area contributed by atoms with E-state index in [1.165, 1.54) is 45.3 Å². The molecule has 0 bridgehead atoms. The van der Waals surface area contributed by atoms with Gasteiger partial charge in [-0.1, -0.05) is 25.1 Å². The number of hydrogen-bond acceptors (Lipinski definition) is 2. The first kappa shape index (κ1) is 16.3. The Bertz CT molecular complexity index is 493. The lowest BCUT2D eigenvalue weighted by molar-refractivity contribution is 0.335. The molecular formula is C19H30N4. The molecule has 1 aromatic rings. The topological polar surface area (TPSA) is 30.9 Å². The second-order valence-corrected chi connectivity index (χ2v) is 6.75. The van der Waals surface area contributed by atoms with Gasteiger partial charge in [-0.25, -0.2) is 0 Å². The van der Waals surface area contributed by atoms with E-state index in [4.69, 9.17) is 4.99 Å². The van der Waals surface area contributed by atoms with Crippen molar-refractivity contribution in [1.82, 2.24) is 9.80 Å². The molecule has 3 rings (SSSR count). The largest absolute Gasteiger partial charge is 0.343 e. The number of aliphatic imine (C=N–C) groups is 1. The lowest BCUT2D eigenvalue weighted by Gasteiger charge is -2.30. The molecule has 1 N–H and O–H groups in total. The summed E-state index contributed by atoms with van der Waals surface area (Å²) >= 11 is 0. The van der Waals surface area contributed by atoms with Crippen LogP contribution < -0.4 is 5.32 Å². The fourth-order valence-electron chi connectivity index (χ4n) is 3.54. The SMILES string of the molecule is CCN1CCC(CN=C(Nc2ccccc2)N2CCCCC2)C1. The summed E-state index contributed by atoms with van der Waals surface area (Å²) < 4.78 is 0. The number of guanidine groups is 1. The van der Waals surface area contributed by atoms with E-state index in [0.29, 0.717) is 5.92 Å². The van der Waals surface area contributed by atoms with Gasteiger partial charge in [0.25, 0.3) is 0 Å². The van der Waals surface area contributed by atoms with E-state index in [-0.39, 0.29) is 0 Å². The molecule has 2 heterocycles. The van der Waals surface area contributed by atoms with Gasteiger partial charge in [0.2, 0.25) is 0 Å². The van der Waals surface area contributed by atoms with Crippen LogP contribution in [0.15, 0.2) is 35.3 Å². The number of rotatable bonds is 4. The Morgan fingerprint density at radius 2 is 1.91 bits per heavy atom. The summed E-state index contributed by atoms with van der Waals surface area (Å²) in [7, 11) is 0. The summed E-state index contributed by atoms with van der Waals surface area (Å²) in [5, 5.41) is 3.56. The van der Waals surface area contributed by atoms with Gasteiger partial charge in [0.05, 0.1) is 0 Å². The van der Waals surface area contributed by atoms with E-state index in [1.807, 2.05) is 0 Å². The standard InChI is InChI=1S/C19H30N4/c1-2-22-14-11-17(16-22)15-20-19(23-12-7-4-8-13-23)21-18-9-5-3-6-10-18/h3,5-6,9-10,17H,2,4,7-8,11-16H2,1H3,(H,20,21). The first-order chi connectivity index (χ1) is 11.3. The van der Waals surface area contributed by atoms with E-state index in [1.54, 1.807) is 0 Å². The predicted octanol–water partition coefficient (Wildman–Crippen LogP) is 3.28. The lowest BCUT2D eigenvalue weighted by atomic mass is 10.1. The number of hydrogen-bond donors (Lipinski definition) is 1. The molecule has 0 saturated carbocycles. The van der Waals surface area contributed by atoms with Crippen molar-refractivity contribution in [3.05, 3.63) is 30.3 Å². The normalized spacial score (nSPS) is 23.3. The van der Waals surface area contributed by atoms with Gasteiger partial charge in [-0.15, -0.1) is 0 Å². The van der Waals surface area contributed by atoms with Crippen molar-refractivity contribution in [3.8, 4) is 0 Å². The average Bonchev–Trinajstić information content (AvgIpc) is 3.08. The fraction of sp³-hybridized carbons (Fsp3) is 0.632. The van der Waals surface area contributed by atoms with Crippen LogP contribution in [0.25, 0.3) is 0 Å². The first-order valence-electron chi connectivity index (χ1n) is 9.19. The van der Waals surface area contributed by atoms with Crippen molar-refractivity contribution in [1.29, 1.82) is 0 Å². The van der Waals surface area contributed by atoms with E-state index < -0.39 is 0 Å². The quantitative estimate of drug-likeness (QED) is 0.683. The van der Waals surface area contributed by atoms with E-state index in [2.05, 4.69) is 52.4 Å². The van der Waals surface area contributed by atoms with Crippen LogP contribution in [0.2, 0.25) is 0 Å². The molecule has 126 valence electrons. The second kappa shape index (κ2) is 8.34. The summed E-state index contributed by atoms with van der Waals surface area (Å²) in [6.07, 6.45) is 5.20. The lowest BCUT2D eigenvalue weighted by Crippen LogP contribution is -2.40. The molecule has 0 spiro atoms. The van der Waals surface area contributed by atoms with Crippen LogP contribution in [0.1, 0.15) is 32.6 Å². The van der Waals surface area contributed by atoms with Crippen molar-refractivity contribution in [2.75, 3.05) is 44.6 Å². The maximum absolute atomic E-state index is 5.00. The Morgan fingerprint density at radius 1 is 1.13 bits per heavy atom. The van der Waals surface area contributed by atoms with Crippen LogP contribution in [-0.4, -0.2) is 55.0 Å². The highest BCUT2D eigenvalue weighted by molar-refractivity contribution is 5.93. The van der Waals surface area contributed by atoms with Crippen LogP contribution in [0.5, 0.6) is 0 Å². The van der Waals surface area contributed by atoms with Gasteiger partial charge in [-0.2, -0.15) is 0 Å². The van der Waals surface area contributed by atoms with Gasteiger partial charge >= 0.3 is 0 Å². The summed E-state index contributed by atoms with van der Waals surface area (Å²) in [4.78, 5) is 9.96. The minimum atomic E-state index is 0.715. The molecule has 2 fully saturated rings. The molecule has 1 aromatic carbocycles. The molecule has 1 atom stereocenters. The maximum atomic E-state index is 5.00. The van der Waals surface area contributed by atoms with Crippen molar-refractivity contribution in [3.63, 3.8) is 0 Å². The molecule has 2 saturated heterocycles. The first-order valence-corrected chi connectivity index (χ1v) is 9.19. The van der Waals surface area contributed by atoms with Crippen molar-refractivity contribution < 1.29 is 0 Å². The van der Waals surface area contributed by atoms with Crippen LogP contribution in [0, 0.1) is 5.92 Å². The van der Waals surface area contributed by atoms with Gasteiger partial charge in [0.1, 0.15) is 0 Å². The average molecular weight is 314 g/mol. The van der Waals surface area contributed by atoms with Gasteiger partial charge < -0.3 is 15.1 Å². The number of benzene rings is 1. The van der Waals surface area contributed by atoms with Crippen LogP contribution in [0.4, 0.5) is 5.69 Å². The fourth-order valence-corrected chi connectivity index (χ4v) is 3.54. The highest BCUT2D eigenvalue weighted by Gasteiger charge is 2.22. The van der Waals surface area contributed by atoms with Crippen LogP contribution >= 0.6 is 0 Å². The zero-order valence-electron chi connectivity index (χ0n) is 14.4. The maximum Gasteiger partial charge on any atom is 0.198 e. The van der Waals surface area contributed by atoms with Crippen LogP contribution in [-0.2, 0) is 0 Å². The predicted molar refractivity (Wildman–Crippen MR) is 98.0 cm³/mol. The second-order valence-electron chi connectivity index (χ2n) is 6.75. The third-order valence-electron chi connectivity index (χ3n) is 5.00. The number of anilines is 1. The van der Waals surface area contributed by atoms with Crippen molar-refractivity contribution >= 4 is 11.6 Å². The number of para-hydroxylation sites is 1. The van der Waals surface area contributed by atoms with Gasteiger partial charge in [0, 0.05) is 31.9 Å². The molecule has 2 aliphatic rings. The molecule has 4 heteroatoms. The Hall–Kier alpha value is -1.55. The van der Waals surface area contributed by atoms with E-state index >= 15 is 0 Å². The Balaban J connectivity index is 1.65. The molecule has 23 heavy (non-hydrogen) atoms. The monoisotopic (exact) mass is 314 g/mol. The van der Waals surface area contributed by atoms with Gasteiger partial charge in [0.15, 0.2) is 5.96 Å². The summed E-state index contributed by atoms with van der Waals surface area (Å²) in [5.74, 6) is 1.79. The summed E-state index contributed by atoms with van der Waals surface area (Å²) in [5.41, 5.74) is 1.14. The Labute approximate surface area is 140 Å². The molecule has 4 nitrogen and oxygen atoms in total. The van der Waals surface area contributed by atoms with Crippen molar-refractivity contribution in [2.24, 2.45) is 10.9 Å². The van der Waals surface area contributed by atoms with Crippen molar-refractivity contribution in [2.45, 2.75) is 32.6 Å². The van der Waals surface area contributed by atoms with Gasteiger partial charge in [-0.3, -0.25) is 4.99 Å². The summed E-state index contributed by atoms with van der Waals surface area (Å²) in [6, 6.07) is 10.4. The molecule has 0 aliphatic carbocycles. The van der Waals surface area contributed by atoms with Gasteiger partial charge in [-0.05, 0) is 56.8 Å². The molecule has 0 amide bonds. The smallest absolute Gasteiger partial charge is 0.198 e. The highest BCUT2D eigenvalue weighted by Crippen LogP contribution is 2.17. The molecular weight excluding hydrogens is 284 g/mol. The Morgan fingerprint density at radius 3 is 2.61 bits per heavy atom. The molecule has 0 aromatic heterocycles. The third-order valence-corrected chi connectivity index (χ3v) is 5.00. The third kappa shape index (κ3) is 4.71. The number of likely N-dealkylation sites (tertiary alicyclic amines) is 2. The molecule has 1 unspecified atom stereocenters. The molecule has 0 radical (unpaired) electrons. The van der Waals surface area contributed by atoms with Crippen LogP contribution in [0.3, 0.4) is 0 Å². The summed E-state index contributed by atoms with van der Waals surface area (Å²) in [6.45, 7) is 9.07. The minimum Gasteiger partial charge on any atom is -0.343 e. The van der Waals surface area contributed by atoms with E-state index in [9.17, 15) is 0 Å². The number of piperidine rings is 1. The Kier molecular flexibility index (Phi) is 5.92. The number of nitrogens with zero attached hydrogens (tertiary/aromatic N) is 3. The zero-order chi connectivity index (χ0) is 15.9. The minimum absolute atomic E-state index is 0.715.